The van der Waals surface area contributed by atoms with Crippen molar-refractivity contribution in [2.24, 2.45) is 0 Å². The first-order chi connectivity index (χ1) is 19.7. The molecule has 1 saturated heterocycles. The summed E-state index contributed by atoms with van der Waals surface area (Å²) in [6.07, 6.45) is 1.01. The summed E-state index contributed by atoms with van der Waals surface area (Å²) in [5.74, 6) is -0.583. The second-order valence-corrected chi connectivity index (χ2v) is 12.7. The van der Waals surface area contributed by atoms with Crippen LogP contribution in [-0.2, 0) is 13.0 Å². The quantitative estimate of drug-likeness (QED) is 0.158. The molecular weight excluding hydrogens is 567 g/mol. The minimum Gasteiger partial charge on any atom is -0.390 e. The molecule has 0 aromatic heterocycles. The number of hydrogen-bond acceptors (Lipinski definition) is 7. The number of anilines is 2. The van der Waals surface area contributed by atoms with Crippen LogP contribution < -0.4 is 20.3 Å². The van der Waals surface area contributed by atoms with Crippen molar-refractivity contribution in [3.8, 4) is 0 Å². The molecule has 41 heavy (non-hydrogen) atoms. The second kappa shape index (κ2) is 14.4. The normalized spacial score (nSPS) is 17.0. The number of aliphatic hydroxyl groups excluding tert-OH is 1. The van der Waals surface area contributed by atoms with Crippen LogP contribution in [0.4, 0.5) is 15.8 Å². The number of nitrogens with zero attached hydrogens (tertiary/aromatic N) is 1. The highest BCUT2D eigenvalue weighted by Gasteiger charge is 2.28. The Bertz CT molecular complexity index is 1320. The van der Waals surface area contributed by atoms with Gasteiger partial charge in [0.1, 0.15) is 5.82 Å². The third kappa shape index (κ3) is 8.57. The fourth-order valence-corrected chi connectivity index (χ4v) is 6.74. The van der Waals surface area contributed by atoms with Crippen LogP contribution in [0.1, 0.15) is 41.3 Å². The number of amides is 1. The zero-order valence-electron chi connectivity index (χ0n) is 23.0. The number of halogens is 2. The van der Waals surface area contributed by atoms with Crippen molar-refractivity contribution in [1.29, 1.82) is 0 Å². The number of aliphatic hydroxyl groups is 1. The maximum atomic E-state index is 13.6. The van der Waals surface area contributed by atoms with Gasteiger partial charge in [-0.25, -0.2) is 4.39 Å². The van der Waals surface area contributed by atoms with Crippen molar-refractivity contribution in [2.75, 3.05) is 35.0 Å². The van der Waals surface area contributed by atoms with Crippen molar-refractivity contribution >= 4 is 39.7 Å². The van der Waals surface area contributed by atoms with E-state index in [2.05, 4.69) is 16.0 Å². The summed E-state index contributed by atoms with van der Waals surface area (Å²) >= 11 is 5.89. The zero-order chi connectivity index (χ0) is 29.4. The largest absolute Gasteiger partial charge is 0.390 e. The molecule has 8 nitrogen and oxygen atoms in total. The van der Waals surface area contributed by atoms with Crippen LogP contribution in [0.25, 0.3) is 0 Å². The lowest BCUT2D eigenvalue weighted by atomic mass is 10.00. The summed E-state index contributed by atoms with van der Waals surface area (Å²) in [7, 11) is -2.97. The highest BCUT2D eigenvalue weighted by molar-refractivity contribution is 8.25. The summed E-state index contributed by atoms with van der Waals surface area (Å²) in [4.78, 5) is 13.6. The molecule has 1 aliphatic heterocycles. The minimum absolute atomic E-state index is 0.0315. The fourth-order valence-electron chi connectivity index (χ4n) is 4.86. The lowest BCUT2D eigenvalue weighted by Crippen LogP contribution is -2.48. The summed E-state index contributed by atoms with van der Waals surface area (Å²) in [6, 6.07) is 18.6. The SMILES string of the molecule is CCNc1cc(C(=O)N[C@@H](Cc2ccccc2)[C@@H](O)CNCc2ccc(F)c(Cl)c2)cc(N2CCCCS2(O)O)c1. The van der Waals surface area contributed by atoms with Gasteiger partial charge in [-0.2, -0.15) is 0 Å². The van der Waals surface area contributed by atoms with Crippen LogP contribution in [0.3, 0.4) is 0 Å². The van der Waals surface area contributed by atoms with Crippen molar-refractivity contribution in [1.82, 2.24) is 10.6 Å². The average molecular weight is 605 g/mol. The topological polar surface area (TPSA) is 117 Å². The predicted molar refractivity (Wildman–Crippen MR) is 165 cm³/mol. The Morgan fingerprint density at radius 1 is 1.07 bits per heavy atom. The molecule has 1 aliphatic rings. The van der Waals surface area contributed by atoms with Gasteiger partial charge in [-0.1, -0.05) is 48.0 Å². The van der Waals surface area contributed by atoms with Crippen LogP contribution in [0, 0.1) is 5.82 Å². The first-order valence-electron chi connectivity index (χ1n) is 13.8. The molecule has 4 rings (SSSR count). The van der Waals surface area contributed by atoms with Crippen molar-refractivity contribution in [3.05, 3.63) is 94.3 Å². The molecule has 2 atom stereocenters. The van der Waals surface area contributed by atoms with Gasteiger partial charge in [0, 0.05) is 37.4 Å². The van der Waals surface area contributed by atoms with E-state index in [1.54, 1.807) is 22.5 Å². The highest BCUT2D eigenvalue weighted by Crippen LogP contribution is 2.50. The van der Waals surface area contributed by atoms with Crippen molar-refractivity contribution in [2.45, 2.75) is 44.9 Å². The number of carbonyl (C=O) groups excluding carboxylic acids is 1. The minimum atomic E-state index is -2.97. The van der Waals surface area contributed by atoms with Gasteiger partial charge in [-0.15, -0.1) is 10.8 Å². The van der Waals surface area contributed by atoms with E-state index in [-0.39, 0.29) is 17.5 Å². The molecule has 1 fully saturated rings. The average Bonchev–Trinajstić information content (AvgIpc) is 2.95. The van der Waals surface area contributed by atoms with E-state index < -0.39 is 28.7 Å². The lowest BCUT2D eigenvalue weighted by molar-refractivity contribution is 0.0830. The lowest BCUT2D eigenvalue weighted by Gasteiger charge is -2.47. The smallest absolute Gasteiger partial charge is 0.251 e. The summed E-state index contributed by atoms with van der Waals surface area (Å²) < 4.78 is 36.5. The molecule has 222 valence electrons. The monoisotopic (exact) mass is 604 g/mol. The molecule has 1 heterocycles. The van der Waals surface area contributed by atoms with Gasteiger partial charge in [0.05, 0.1) is 28.6 Å². The standard InChI is InChI=1S/C30H38ClFN4O4S/c1-2-34-24-16-23(17-25(18-24)36-12-6-7-13-41(36,39)40)30(38)35-28(15-21-8-4-3-5-9-21)29(37)20-33-19-22-10-11-27(32)26(31)14-22/h3-5,8-11,14,16-18,28-29,33-34,37,39-40H,2,6-7,12-13,15,19-20H2,1H3,(H,35,38)/t28-,29-/m0/s1. The van der Waals surface area contributed by atoms with E-state index >= 15 is 0 Å². The van der Waals surface area contributed by atoms with Crippen LogP contribution in [0.2, 0.25) is 5.02 Å². The van der Waals surface area contributed by atoms with Gasteiger partial charge in [-0.3, -0.25) is 18.2 Å². The Balaban J connectivity index is 1.52. The van der Waals surface area contributed by atoms with Gasteiger partial charge in [-0.05, 0) is 67.6 Å². The first-order valence-corrected chi connectivity index (χ1v) is 15.8. The van der Waals surface area contributed by atoms with Gasteiger partial charge >= 0.3 is 0 Å². The first kappa shape index (κ1) is 31.1. The van der Waals surface area contributed by atoms with E-state index in [1.807, 2.05) is 43.3 Å². The van der Waals surface area contributed by atoms with Gasteiger partial charge in [0.2, 0.25) is 0 Å². The third-order valence-corrected chi connectivity index (χ3v) is 9.20. The molecule has 0 radical (unpaired) electrons. The molecule has 11 heteroatoms. The van der Waals surface area contributed by atoms with E-state index in [0.717, 1.165) is 24.0 Å². The van der Waals surface area contributed by atoms with E-state index in [9.17, 15) is 23.4 Å². The molecule has 6 N–H and O–H groups in total. The predicted octanol–water partition coefficient (Wildman–Crippen LogP) is 5.67. The Morgan fingerprint density at radius 3 is 2.56 bits per heavy atom. The van der Waals surface area contributed by atoms with E-state index in [4.69, 9.17) is 11.6 Å². The zero-order valence-corrected chi connectivity index (χ0v) is 24.6. The molecule has 3 aromatic rings. The molecule has 0 unspecified atom stereocenters. The number of carbonyl (C=O) groups is 1. The molecule has 0 aliphatic carbocycles. The van der Waals surface area contributed by atoms with Crippen molar-refractivity contribution < 1.29 is 23.4 Å². The number of hydrogen-bond donors (Lipinski definition) is 6. The Kier molecular flexibility index (Phi) is 10.9. The van der Waals surface area contributed by atoms with Gasteiger partial charge in [0.25, 0.3) is 5.91 Å². The van der Waals surface area contributed by atoms with E-state index in [1.165, 1.54) is 12.1 Å². The molecule has 3 aromatic carbocycles. The Morgan fingerprint density at radius 2 is 1.85 bits per heavy atom. The molecule has 1 amide bonds. The van der Waals surface area contributed by atoms with Crippen molar-refractivity contribution in [3.63, 3.8) is 0 Å². The third-order valence-electron chi connectivity index (χ3n) is 6.98. The maximum Gasteiger partial charge on any atom is 0.251 e. The maximum absolute atomic E-state index is 13.6. The Hall–Kier alpha value is -2.86. The molecule has 0 spiro atoms. The molecular formula is C30H38ClFN4O4S. The fraction of sp³-hybridized carbons (Fsp3) is 0.367. The summed E-state index contributed by atoms with van der Waals surface area (Å²) in [6.45, 7) is 3.59. The van der Waals surface area contributed by atoms with Crippen LogP contribution in [0.15, 0.2) is 66.7 Å². The number of benzene rings is 3. The van der Waals surface area contributed by atoms with Crippen LogP contribution >= 0.6 is 22.4 Å². The highest BCUT2D eigenvalue weighted by atomic mass is 35.5. The molecule has 0 bridgehead atoms. The van der Waals surface area contributed by atoms with E-state index in [0.29, 0.717) is 48.7 Å². The van der Waals surface area contributed by atoms with Gasteiger partial charge in [0.15, 0.2) is 0 Å². The number of nitrogens with one attached hydrogen (secondary N) is 3. The number of rotatable bonds is 12. The second-order valence-electron chi connectivity index (χ2n) is 10.2. The van der Waals surface area contributed by atoms with Crippen LogP contribution in [-0.4, -0.2) is 57.7 Å². The van der Waals surface area contributed by atoms with Crippen LogP contribution in [0.5, 0.6) is 0 Å². The summed E-state index contributed by atoms with van der Waals surface area (Å²) in [5.41, 5.74) is 3.32. The summed E-state index contributed by atoms with van der Waals surface area (Å²) in [5, 5.41) is 20.6. The molecule has 0 saturated carbocycles. The Labute approximate surface area is 247 Å². The van der Waals surface area contributed by atoms with Gasteiger partial charge < -0.3 is 21.1 Å².